The topological polar surface area (TPSA) is 77.8 Å². The largest absolute Gasteiger partial charge is 0.423 e. The number of oxazole rings is 1. The molecule has 1 saturated heterocycles. The SMILES string of the molecule is Cn1c(Cn2cccn2)nnc1C1CCN(c2nc3ccccc3o2)CC1. The van der Waals surface area contributed by atoms with E-state index in [9.17, 15) is 0 Å². The summed E-state index contributed by atoms with van der Waals surface area (Å²) in [6.45, 7) is 2.44. The van der Waals surface area contributed by atoms with Crippen LogP contribution in [0.4, 0.5) is 6.01 Å². The van der Waals surface area contributed by atoms with E-state index in [1.54, 1.807) is 6.20 Å². The van der Waals surface area contributed by atoms with Crippen molar-refractivity contribution in [3.63, 3.8) is 0 Å². The number of hydrogen-bond acceptors (Lipinski definition) is 6. The molecule has 8 nitrogen and oxygen atoms in total. The number of anilines is 1. The van der Waals surface area contributed by atoms with Gasteiger partial charge in [-0.3, -0.25) is 4.68 Å². The summed E-state index contributed by atoms with van der Waals surface area (Å²) >= 11 is 0. The maximum atomic E-state index is 5.91. The second-order valence-electron chi connectivity index (χ2n) is 6.96. The maximum Gasteiger partial charge on any atom is 0.298 e. The number of fused-ring (bicyclic) bond motifs is 1. The van der Waals surface area contributed by atoms with E-state index >= 15 is 0 Å². The highest BCUT2D eigenvalue weighted by Crippen LogP contribution is 2.30. The fourth-order valence-electron chi connectivity index (χ4n) is 3.73. The predicted molar refractivity (Wildman–Crippen MR) is 101 cm³/mol. The molecular formula is C19H21N7O. The zero-order chi connectivity index (χ0) is 18.2. The molecule has 0 aliphatic carbocycles. The van der Waals surface area contributed by atoms with Gasteiger partial charge < -0.3 is 13.9 Å². The minimum absolute atomic E-state index is 0.398. The number of aromatic nitrogens is 6. The van der Waals surface area contributed by atoms with E-state index in [0.29, 0.717) is 18.5 Å². The molecule has 1 aromatic carbocycles. The Labute approximate surface area is 156 Å². The van der Waals surface area contributed by atoms with E-state index in [1.165, 1.54) is 0 Å². The van der Waals surface area contributed by atoms with Crippen LogP contribution < -0.4 is 4.90 Å². The molecule has 4 heterocycles. The summed E-state index contributed by atoms with van der Waals surface area (Å²) in [5.74, 6) is 2.37. The monoisotopic (exact) mass is 363 g/mol. The minimum atomic E-state index is 0.398. The van der Waals surface area contributed by atoms with Gasteiger partial charge in [0.2, 0.25) is 0 Å². The third kappa shape index (κ3) is 2.97. The second-order valence-corrected chi connectivity index (χ2v) is 6.96. The molecule has 0 atom stereocenters. The molecule has 0 saturated carbocycles. The van der Waals surface area contributed by atoms with Crippen LogP contribution in [0.2, 0.25) is 0 Å². The quantitative estimate of drug-likeness (QED) is 0.555. The molecule has 27 heavy (non-hydrogen) atoms. The number of hydrogen-bond donors (Lipinski definition) is 0. The second kappa shape index (κ2) is 6.53. The molecular weight excluding hydrogens is 342 g/mol. The summed E-state index contributed by atoms with van der Waals surface area (Å²) in [7, 11) is 2.04. The van der Waals surface area contributed by atoms with Gasteiger partial charge >= 0.3 is 0 Å². The van der Waals surface area contributed by atoms with Gasteiger partial charge in [0.1, 0.15) is 17.9 Å². The van der Waals surface area contributed by atoms with E-state index in [0.717, 1.165) is 48.7 Å². The first kappa shape index (κ1) is 16.0. The number of para-hydroxylation sites is 2. The van der Waals surface area contributed by atoms with Gasteiger partial charge in [0, 0.05) is 38.4 Å². The van der Waals surface area contributed by atoms with Gasteiger partial charge in [-0.25, -0.2) is 0 Å². The van der Waals surface area contributed by atoms with Crippen molar-refractivity contribution in [2.24, 2.45) is 7.05 Å². The standard InChI is InChI=1S/C19H21N7O/c1-24-17(13-26-10-4-9-20-26)22-23-18(24)14-7-11-25(12-8-14)19-21-15-5-2-3-6-16(15)27-19/h2-6,9-10,14H,7-8,11-13H2,1H3. The first-order valence-electron chi connectivity index (χ1n) is 9.24. The van der Waals surface area contributed by atoms with E-state index in [4.69, 9.17) is 4.42 Å². The summed E-state index contributed by atoms with van der Waals surface area (Å²) in [5, 5.41) is 13.1. The lowest BCUT2D eigenvalue weighted by molar-refractivity contribution is 0.446. The lowest BCUT2D eigenvalue weighted by Gasteiger charge is -2.30. The van der Waals surface area contributed by atoms with Crippen LogP contribution in [-0.2, 0) is 13.6 Å². The molecule has 3 aromatic heterocycles. The number of nitrogens with zero attached hydrogens (tertiary/aromatic N) is 7. The van der Waals surface area contributed by atoms with Crippen molar-refractivity contribution in [3.8, 4) is 0 Å². The molecule has 1 fully saturated rings. The van der Waals surface area contributed by atoms with E-state index in [-0.39, 0.29) is 0 Å². The molecule has 1 aliphatic rings. The van der Waals surface area contributed by atoms with Crippen LogP contribution in [0.5, 0.6) is 0 Å². The molecule has 0 radical (unpaired) electrons. The van der Waals surface area contributed by atoms with E-state index in [2.05, 4.69) is 29.7 Å². The van der Waals surface area contributed by atoms with Crippen LogP contribution in [0.3, 0.4) is 0 Å². The predicted octanol–water partition coefficient (Wildman–Crippen LogP) is 2.59. The smallest absolute Gasteiger partial charge is 0.298 e. The van der Waals surface area contributed by atoms with Crippen LogP contribution in [0.1, 0.15) is 30.4 Å². The van der Waals surface area contributed by atoms with Gasteiger partial charge in [-0.2, -0.15) is 10.1 Å². The van der Waals surface area contributed by atoms with Crippen LogP contribution in [0.25, 0.3) is 11.1 Å². The van der Waals surface area contributed by atoms with Crippen molar-refractivity contribution < 1.29 is 4.42 Å². The highest BCUT2D eigenvalue weighted by atomic mass is 16.4. The first-order chi connectivity index (χ1) is 13.3. The Kier molecular flexibility index (Phi) is 3.88. The Hall–Kier alpha value is -3.16. The fourth-order valence-corrected chi connectivity index (χ4v) is 3.73. The highest BCUT2D eigenvalue weighted by Gasteiger charge is 2.27. The van der Waals surface area contributed by atoms with Crippen molar-refractivity contribution in [1.29, 1.82) is 0 Å². The minimum Gasteiger partial charge on any atom is -0.423 e. The van der Waals surface area contributed by atoms with Gasteiger partial charge in [-0.05, 0) is 31.0 Å². The first-order valence-corrected chi connectivity index (χ1v) is 9.24. The van der Waals surface area contributed by atoms with E-state index in [1.807, 2.05) is 48.3 Å². The molecule has 138 valence electrons. The zero-order valence-corrected chi connectivity index (χ0v) is 15.2. The van der Waals surface area contributed by atoms with Crippen molar-refractivity contribution in [1.82, 2.24) is 29.5 Å². The van der Waals surface area contributed by atoms with Gasteiger partial charge in [-0.1, -0.05) is 12.1 Å². The zero-order valence-electron chi connectivity index (χ0n) is 15.2. The Bertz CT molecular complexity index is 1010. The molecule has 4 aromatic rings. The average molecular weight is 363 g/mol. The molecule has 1 aliphatic heterocycles. The molecule has 0 bridgehead atoms. The summed E-state index contributed by atoms with van der Waals surface area (Å²) in [5.41, 5.74) is 1.75. The van der Waals surface area contributed by atoms with Crippen LogP contribution >= 0.6 is 0 Å². The summed E-state index contributed by atoms with van der Waals surface area (Å²) in [4.78, 5) is 6.83. The lowest BCUT2D eigenvalue weighted by Crippen LogP contribution is -2.33. The van der Waals surface area contributed by atoms with Crippen LogP contribution in [0.15, 0.2) is 47.1 Å². The van der Waals surface area contributed by atoms with Crippen molar-refractivity contribution >= 4 is 17.1 Å². The summed E-state index contributed by atoms with van der Waals surface area (Å²) < 4.78 is 9.88. The lowest BCUT2D eigenvalue weighted by atomic mass is 9.96. The third-order valence-corrected chi connectivity index (χ3v) is 5.27. The molecule has 0 amide bonds. The normalized spacial score (nSPS) is 15.7. The Morgan fingerprint density at radius 1 is 1.11 bits per heavy atom. The Balaban J connectivity index is 1.28. The average Bonchev–Trinajstić information content (AvgIpc) is 3.43. The molecule has 8 heteroatoms. The van der Waals surface area contributed by atoms with Crippen molar-refractivity contribution in [2.45, 2.75) is 25.3 Å². The fraction of sp³-hybridized carbons (Fsp3) is 0.368. The van der Waals surface area contributed by atoms with Gasteiger partial charge in [0.15, 0.2) is 11.4 Å². The maximum absolute atomic E-state index is 5.91. The third-order valence-electron chi connectivity index (χ3n) is 5.27. The molecule has 0 unspecified atom stereocenters. The van der Waals surface area contributed by atoms with Gasteiger partial charge in [-0.15, -0.1) is 10.2 Å². The molecule has 5 rings (SSSR count). The Morgan fingerprint density at radius 3 is 2.74 bits per heavy atom. The number of benzene rings is 1. The van der Waals surface area contributed by atoms with E-state index < -0.39 is 0 Å². The van der Waals surface area contributed by atoms with Gasteiger partial charge in [0.25, 0.3) is 6.01 Å². The number of piperidine rings is 1. The summed E-state index contributed by atoms with van der Waals surface area (Å²) in [6.07, 6.45) is 5.73. The number of rotatable bonds is 4. The van der Waals surface area contributed by atoms with Crippen LogP contribution in [0, 0.1) is 0 Å². The summed E-state index contributed by atoms with van der Waals surface area (Å²) in [6, 6.07) is 10.5. The molecule has 0 spiro atoms. The Morgan fingerprint density at radius 2 is 1.96 bits per heavy atom. The van der Waals surface area contributed by atoms with Crippen molar-refractivity contribution in [3.05, 3.63) is 54.4 Å². The van der Waals surface area contributed by atoms with Crippen LogP contribution in [-0.4, -0.2) is 42.6 Å². The van der Waals surface area contributed by atoms with Gasteiger partial charge in [0.05, 0.1) is 0 Å². The highest BCUT2D eigenvalue weighted by molar-refractivity contribution is 5.74. The molecule has 0 N–H and O–H groups in total. The van der Waals surface area contributed by atoms with Crippen molar-refractivity contribution in [2.75, 3.05) is 18.0 Å².